The zero-order valence-electron chi connectivity index (χ0n) is 5.46. The first-order valence-electron chi connectivity index (χ1n) is 2.44. The molecule has 1 nitrogen and oxygen atoms in total. The van der Waals surface area contributed by atoms with E-state index in [-0.39, 0.29) is 17.0 Å². The van der Waals surface area contributed by atoms with Crippen LogP contribution in [0.2, 0.25) is 0 Å². The fraction of sp³-hybridized carbons (Fsp3) is 1.00. The summed E-state index contributed by atoms with van der Waals surface area (Å²) in [6.45, 7) is 4.41. The van der Waals surface area contributed by atoms with Crippen molar-refractivity contribution in [3.05, 3.63) is 0 Å². The maximum atomic E-state index is 2.20. The monoisotopic (exact) mass is 167 g/mol. The number of quaternary nitrogens is 1. The smallest absolute Gasteiger partial charge is 0.0813 e. The zero-order valence-corrected chi connectivity index (χ0v) is 7.04. The van der Waals surface area contributed by atoms with Crippen LogP contribution in [0, 0.1) is 0 Å². The summed E-state index contributed by atoms with van der Waals surface area (Å²) in [5.74, 6) is 0. The highest BCUT2D eigenvalue weighted by atomic mass is 79.9. The van der Waals surface area contributed by atoms with E-state index in [4.69, 9.17) is 0 Å². The van der Waals surface area contributed by atoms with Crippen LogP contribution >= 0.6 is 0 Å². The lowest BCUT2D eigenvalue weighted by molar-refractivity contribution is -0.881. The number of nitrogens with one attached hydrogen (secondary N) is 1. The summed E-state index contributed by atoms with van der Waals surface area (Å²) in [4.78, 5) is 1.51. The van der Waals surface area contributed by atoms with Gasteiger partial charge < -0.3 is 21.9 Å². The minimum atomic E-state index is 0. The van der Waals surface area contributed by atoms with E-state index in [0.717, 1.165) is 6.04 Å². The van der Waals surface area contributed by atoms with E-state index in [2.05, 4.69) is 27.9 Å². The molecule has 0 atom stereocenters. The Balaban J connectivity index is 0. The number of halogens is 1. The van der Waals surface area contributed by atoms with E-state index in [1.54, 1.807) is 0 Å². The molecular formula is C5H14BrN. The maximum absolute atomic E-state index is 2.20. The van der Waals surface area contributed by atoms with Gasteiger partial charge in [-0.1, -0.05) is 0 Å². The van der Waals surface area contributed by atoms with Crippen LogP contribution in [0.15, 0.2) is 0 Å². The molecule has 0 spiro atoms. The Kier molecular flexibility index (Phi) is 6.84. The molecule has 0 rings (SSSR count). The number of hydrogen-bond acceptors (Lipinski definition) is 0. The molecule has 0 amide bonds. The fourth-order valence-electron chi connectivity index (χ4n) is 0. The molecular weight excluding hydrogens is 154 g/mol. The third-order valence-electron chi connectivity index (χ3n) is 1.15. The molecule has 0 unspecified atom stereocenters. The first kappa shape index (κ1) is 10.4. The summed E-state index contributed by atoms with van der Waals surface area (Å²) in [5.41, 5.74) is 0. The minimum absolute atomic E-state index is 0. The van der Waals surface area contributed by atoms with E-state index >= 15 is 0 Å². The van der Waals surface area contributed by atoms with Crippen LogP contribution in [0.5, 0.6) is 0 Å². The molecule has 0 bridgehead atoms. The van der Waals surface area contributed by atoms with Gasteiger partial charge in [-0.2, -0.15) is 0 Å². The van der Waals surface area contributed by atoms with E-state index in [1.165, 1.54) is 4.90 Å². The molecule has 0 saturated carbocycles. The van der Waals surface area contributed by atoms with Gasteiger partial charge in [0.1, 0.15) is 0 Å². The van der Waals surface area contributed by atoms with Gasteiger partial charge in [0, 0.05) is 0 Å². The summed E-state index contributed by atoms with van der Waals surface area (Å²) in [6.07, 6.45) is 0. The van der Waals surface area contributed by atoms with Crippen molar-refractivity contribution in [2.75, 3.05) is 14.1 Å². The van der Waals surface area contributed by atoms with Crippen LogP contribution in [-0.4, -0.2) is 20.1 Å². The molecule has 0 fully saturated rings. The molecule has 0 aromatic heterocycles. The van der Waals surface area contributed by atoms with Crippen LogP contribution in [0.4, 0.5) is 0 Å². The second kappa shape index (κ2) is 4.60. The number of rotatable bonds is 1. The highest BCUT2D eigenvalue weighted by molar-refractivity contribution is 4.24. The SMILES string of the molecule is CC(C)[NH+](C)C.[Br-]. The molecule has 46 valence electrons. The first-order valence-corrected chi connectivity index (χ1v) is 2.44. The highest BCUT2D eigenvalue weighted by Crippen LogP contribution is 1.59. The van der Waals surface area contributed by atoms with Gasteiger partial charge in [-0.25, -0.2) is 0 Å². The van der Waals surface area contributed by atoms with Crippen molar-refractivity contribution in [1.82, 2.24) is 0 Å². The maximum Gasteiger partial charge on any atom is 0.0813 e. The van der Waals surface area contributed by atoms with Gasteiger partial charge in [-0.05, 0) is 13.8 Å². The van der Waals surface area contributed by atoms with Gasteiger partial charge in [-0.3, -0.25) is 0 Å². The Labute approximate surface area is 56.5 Å². The highest BCUT2D eigenvalue weighted by Gasteiger charge is 1.94. The average molecular weight is 168 g/mol. The van der Waals surface area contributed by atoms with E-state index in [9.17, 15) is 0 Å². The van der Waals surface area contributed by atoms with Crippen molar-refractivity contribution >= 4 is 0 Å². The second-order valence-electron chi connectivity index (χ2n) is 2.23. The summed E-state index contributed by atoms with van der Waals surface area (Å²) < 4.78 is 0. The summed E-state index contributed by atoms with van der Waals surface area (Å²) in [5, 5.41) is 0. The first-order chi connectivity index (χ1) is 2.64. The standard InChI is InChI=1S/C5H13N.BrH/c1-5(2)6(3)4;/h5H,1-4H3;1H. The van der Waals surface area contributed by atoms with Crippen LogP contribution in [0.1, 0.15) is 13.8 Å². The lowest BCUT2D eigenvalue weighted by atomic mass is 10.4. The van der Waals surface area contributed by atoms with Crippen LogP contribution < -0.4 is 21.9 Å². The van der Waals surface area contributed by atoms with Gasteiger partial charge in [0.05, 0.1) is 20.1 Å². The fourth-order valence-corrected chi connectivity index (χ4v) is 0. The predicted octanol–water partition coefficient (Wildman–Crippen LogP) is -3.46. The van der Waals surface area contributed by atoms with Crippen molar-refractivity contribution in [2.24, 2.45) is 0 Å². The topological polar surface area (TPSA) is 4.44 Å². The van der Waals surface area contributed by atoms with Crippen LogP contribution in [0.3, 0.4) is 0 Å². The van der Waals surface area contributed by atoms with E-state index in [1.807, 2.05) is 0 Å². The quantitative estimate of drug-likeness (QED) is 0.415. The molecule has 2 heteroatoms. The van der Waals surface area contributed by atoms with Crippen molar-refractivity contribution < 1.29 is 21.9 Å². The van der Waals surface area contributed by atoms with Gasteiger partial charge in [-0.15, -0.1) is 0 Å². The molecule has 0 heterocycles. The van der Waals surface area contributed by atoms with Crippen molar-refractivity contribution in [2.45, 2.75) is 19.9 Å². The van der Waals surface area contributed by atoms with Gasteiger partial charge in [0.25, 0.3) is 0 Å². The number of hydrogen-bond donors (Lipinski definition) is 1. The molecule has 0 radical (unpaired) electrons. The largest absolute Gasteiger partial charge is 1.00 e. The van der Waals surface area contributed by atoms with Crippen molar-refractivity contribution in [3.8, 4) is 0 Å². The molecule has 0 aromatic rings. The lowest BCUT2D eigenvalue weighted by Gasteiger charge is -2.09. The summed E-state index contributed by atoms with van der Waals surface area (Å²) in [7, 11) is 4.31. The van der Waals surface area contributed by atoms with Gasteiger partial charge >= 0.3 is 0 Å². The summed E-state index contributed by atoms with van der Waals surface area (Å²) in [6, 6.07) is 0.769. The third kappa shape index (κ3) is 6.44. The van der Waals surface area contributed by atoms with E-state index < -0.39 is 0 Å². The predicted molar refractivity (Wildman–Crippen MR) is 27.9 cm³/mol. The Morgan fingerprint density at radius 2 is 1.29 bits per heavy atom. The Morgan fingerprint density at radius 1 is 1.14 bits per heavy atom. The Bertz CT molecular complexity index is 29.1. The molecule has 0 aliphatic carbocycles. The van der Waals surface area contributed by atoms with Crippen LogP contribution in [-0.2, 0) is 0 Å². The normalized spacial score (nSPS) is 9.43. The van der Waals surface area contributed by atoms with E-state index in [0.29, 0.717) is 0 Å². The average Bonchev–Trinajstić information content (AvgIpc) is 1.36. The van der Waals surface area contributed by atoms with Crippen molar-refractivity contribution in [3.63, 3.8) is 0 Å². The molecule has 1 N–H and O–H groups in total. The molecule has 0 aliphatic heterocycles. The van der Waals surface area contributed by atoms with Gasteiger partial charge in [0.15, 0.2) is 0 Å². The zero-order chi connectivity index (χ0) is 5.15. The summed E-state index contributed by atoms with van der Waals surface area (Å²) >= 11 is 0. The van der Waals surface area contributed by atoms with Crippen molar-refractivity contribution in [1.29, 1.82) is 0 Å². The minimum Gasteiger partial charge on any atom is -1.00 e. The Hall–Kier alpha value is 0.440. The Morgan fingerprint density at radius 3 is 1.29 bits per heavy atom. The molecule has 0 aliphatic rings. The van der Waals surface area contributed by atoms with Crippen LogP contribution in [0.25, 0.3) is 0 Å². The molecule has 7 heavy (non-hydrogen) atoms. The molecule has 0 aromatic carbocycles. The van der Waals surface area contributed by atoms with Gasteiger partial charge in [0.2, 0.25) is 0 Å². The second-order valence-corrected chi connectivity index (χ2v) is 2.23. The third-order valence-corrected chi connectivity index (χ3v) is 1.15. The molecule has 0 saturated heterocycles. The lowest BCUT2D eigenvalue weighted by Crippen LogP contribution is -3.09.